The number of benzene rings is 1. The van der Waals surface area contributed by atoms with Crippen molar-refractivity contribution in [3.05, 3.63) is 92.7 Å². The van der Waals surface area contributed by atoms with Crippen LogP contribution in [0.1, 0.15) is 33.4 Å². The lowest BCUT2D eigenvalue weighted by atomic mass is 10.0. The minimum atomic E-state index is -0.464. The van der Waals surface area contributed by atoms with Gasteiger partial charge in [0, 0.05) is 41.7 Å². The van der Waals surface area contributed by atoms with Gasteiger partial charge in [0.2, 0.25) is 5.88 Å². The highest BCUT2D eigenvalue weighted by atomic mass is 35.5. The molecule has 166 valence electrons. The van der Waals surface area contributed by atoms with Crippen molar-refractivity contribution in [2.75, 3.05) is 12.0 Å². The maximum atomic E-state index is 13.6. The largest absolute Gasteiger partial charge is 0.481 e. The van der Waals surface area contributed by atoms with E-state index in [0.29, 0.717) is 39.4 Å². The number of pyridine rings is 2. The fourth-order valence-electron chi connectivity index (χ4n) is 4.10. The van der Waals surface area contributed by atoms with Crippen LogP contribution in [0.15, 0.2) is 59.7 Å². The number of nitrogens with one attached hydrogen (secondary N) is 1. The minimum absolute atomic E-state index is 0.112. The summed E-state index contributed by atoms with van der Waals surface area (Å²) in [5.41, 5.74) is 3.63. The van der Waals surface area contributed by atoms with Crippen LogP contribution in [0.2, 0.25) is 5.02 Å². The smallest absolute Gasteiger partial charge is 0.279 e. The number of carbonyl (C=O) groups excluding carboxylic acids is 1. The van der Waals surface area contributed by atoms with E-state index in [9.17, 15) is 9.59 Å². The normalized spacial score (nSPS) is 15.1. The number of methoxy groups -OCH3 is 1. The molecule has 8 nitrogen and oxygen atoms in total. The van der Waals surface area contributed by atoms with Gasteiger partial charge in [-0.25, -0.2) is 9.97 Å². The van der Waals surface area contributed by atoms with Gasteiger partial charge >= 0.3 is 0 Å². The van der Waals surface area contributed by atoms with Crippen LogP contribution in [0.25, 0.3) is 11.4 Å². The van der Waals surface area contributed by atoms with Crippen LogP contribution in [0.5, 0.6) is 5.88 Å². The molecule has 0 radical (unpaired) electrons. The van der Waals surface area contributed by atoms with E-state index in [1.54, 1.807) is 62.6 Å². The molecular formula is C24H20ClN5O3. The second-order valence-electron chi connectivity index (χ2n) is 7.86. The first-order valence-electron chi connectivity index (χ1n) is 10.2. The lowest BCUT2D eigenvalue weighted by Crippen LogP contribution is -2.31. The van der Waals surface area contributed by atoms with Gasteiger partial charge in [0.1, 0.15) is 11.9 Å². The van der Waals surface area contributed by atoms with Gasteiger partial charge in [0.15, 0.2) is 5.69 Å². The maximum absolute atomic E-state index is 13.6. The summed E-state index contributed by atoms with van der Waals surface area (Å²) in [6.45, 7) is 1.73. The number of hydrogen-bond acceptors (Lipinski definition) is 5. The number of H-pyrrole nitrogens is 1. The number of aromatic nitrogens is 4. The molecule has 1 aromatic carbocycles. The van der Waals surface area contributed by atoms with Crippen LogP contribution in [-0.2, 0) is 7.05 Å². The molecule has 1 aliphatic heterocycles. The zero-order chi connectivity index (χ0) is 23.3. The second kappa shape index (κ2) is 7.90. The number of carbonyl (C=O) groups is 1. The molecule has 3 aromatic heterocycles. The number of hydrogen-bond donors (Lipinski definition) is 1. The van der Waals surface area contributed by atoms with Gasteiger partial charge < -0.3 is 14.3 Å². The summed E-state index contributed by atoms with van der Waals surface area (Å²) in [4.78, 5) is 39.6. The van der Waals surface area contributed by atoms with Crippen molar-refractivity contribution in [3.8, 4) is 17.3 Å². The van der Waals surface area contributed by atoms with Crippen molar-refractivity contribution in [3.63, 3.8) is 0 Å². The Morgan fingerprint density at radius 1 is 1.12 bits per heavy atom. The number of ether oxygens (including phenoxy) is 1. The number of amides is 1. The molecule has 1 N–H and O–H groups in total. The molecule has 0 saturated heterocycles. The second-order valence-corrected chi connectivity index (χ2v) is 8.30. The van der Waals surface area contributed by atoms with Crippen LogP contribution in [0, 0.1) is 6.92 Å². The number of imidazole rings is 1. The predicted molar refractivity (Wildman–Crippen MR) is 125 cm³/mol. The van der Waals surface area contributed by atoms with Gasteiger partial charge in [0.05, 0.1) is 18.5 Å². The highest BCUT2D eigenvalue weighted by molar-refractivity contribution is 6.30. The Balaban J connectivity index is 1.65. The Hall–Kier alpha value is -3.91. The molecular weight excluding hydrogens is 442 g/mol. The van der Waals surface area contributed by atoms with E-state index in [2.05, 4.69) is 15.0 Å². The third-order valence-corrected chi connectivity index (χ3v) is 5.97. The molecule has 33 heavy (non-hydrogen) atoms. The Morgan fingerprint density at radius 3 is 2.52 bits per heavy atom. The zero-order valence-corrected chi connectivity index (χ0v) is 18.9. The van der Waals surface area contributed by atoms with Crippen molar-refractivity contribution in [2.24, 2.45) is 7.05 Å². The summed E-state index contributed by atoms with van der Waals surface area (Å²) in [5.74, 6) is 0.773. The Bertz CT molecular complexity index is 1400. The first-order valence-corrected chi connectivity index (χ1v) is 10.6. The topological polar surface area (TPSA) is 93.1 Å². The highest BCUT2D eigenvalue weighted by Gasteiger charge is 2.42. The maximum Gasteiger partial charge on any atom is 0.279 e. The van der Waals surface area contributed by atoms with Crippen LogP contribution in [0.4, 0.5) is 5.69 Å². The first-order chi connectivity index (χ1) is 15.9. The van der Waals surface area contributed by atoms with Crippen molar-refractivity contribution < 1.29 is 9.53 Å². The number of anilines is 1. The molecule has 1 aliphatic rings. The van der Waals surface area contributed by atoms with Gasteiger partial charge in [-0.3, -0.25) is 14.5 Å². The molecule has 0 bridgehead atoms. The molecule has 4 aromatic rings. The van der Waals surface area contributed by atoms with E-state index in [-0.39, 0.29) is 11.5 Å². The van der Waals surface area contributed by atoms with Gasteiger partial charge in [-0.05, 0) is 36.8 Å². The first kappa shape index (κ1) is 21.0. The minimum Gasteiger partial charge on any atom is -0.481 e. The molecule has 1 amide bonds. The molecule has 0 fully saturated rings. The SMILES string of the molecule is COc1ccc(-c2nc3c([nH]2)[C@@H](c2ccc(Cl)cc2)N(c2cc(C)c(=O)n(C)c2)C3=O)cn1. The molecule has 1 atom stereocenters. The molecule has 9 heteroatoms. The van der Waals surface area contributed by atoms with E-state index in [1.165, 1.54) is 4.57 Å². The molecule has 0 unspecified atom stereocenters. The average Bonchev–Trinajstić information content (AvgIpc) is 3.36. The van der Waals surface area contributed by atoms with E-state index < -0.39 is 6.04 Å². The Kier molecular flexibility index (Phi) is 5.02. The van der Waals surface area contributed by atoms with Crippen LogP contribution in [0.3, 0.4) is 0 Å². The number of halogens is 1. The summed E-state index contributed by atoms with van der Waals surface area (Å²) < 4.78 is 6.60. The van der Waals surface area contributed by atoms with E-state index in [1.807, 2.05) is 18.2 Å². The zero-order valence-electron chi connectivity index (χ0n) is 18.2. The average molecular weight is 462 g/mol. The standard InChI is InChI=1S/C24H20ClN5O3/c1-13-10-17(12-29(2)23(13)31)30-21(14-4-7-16(25)8-5-14)19-20(24(30)32)28-22(27-19)15-6-9-18(33-3)26-11-15/h4-12,21H,1-3H3,(H,27,28)/t21-/m1/s1. The Labute approximate surface area is 194 Å². The molecule has 4 heterocycles. The van der Waals surface area contributed by atoms with Crippen LogP contribution in [-0.4, -0.2) is 32.5 Å². The number of aromatic amines is 1. The van der Waals surface area contributed by atoms with E-state index in [0.717, 1.165) is 11.1 Å². The number of rotatable bonds is 4. The summed E-state index contributed by atoms with van der Waals surface area (Å²) in [6.07, 6.45) is 3.30. The van der Waals surface area contributed by atoms with Gasteiger partial charge in [-0.1, -0.05) is 23.7 Å². The molecule has 0 saturated carbocycles. The predicted octanol–water partition coefficient (Wildman–Crippen LogP) is 3.89. The molecule has 5 rings (SSSR count). The van der Waals surface area contributed by atoms with Gasteiger partial charge in [-0.15, -0.1) is 0 Å². The fourth-order valence-corrected chi connectivity index (χ4v) is 4.23. The summed E-state index contributed by atoms with van der Waals surface area (Å²) in [6, 6.07) is 12.2. The molecule has 0 aliphatic carbocycles. The number of aryl methyl sites for hydroxylation is 2. The van der Waals surface area contributed by atoms with Gasteiger partial charge in [0.25, 0.3) is 11.5 Å². The lowest BCUT2D eigenvalue weighted by Gasteiger charge is -2.26. The Morgan fingerprint density at radius 2 is 1.88 bits per heavy atom. The number of fused-ring (bicyclic) bond motifs is 1. The van der Waals surface area contributed by atoms with Crippen molar-refractivity contribution in [1.29, 1.82) is 0 Å². The third kappa shape index (κ3) is 3.48. The summed E-state index contributed by atoms with van der Waals surface area (Å²) >= 11 is 6.11. The quantitative estimate of drug-likeness (QED) is 0.497. The molecule has 0 spiro atoms. The summed E-state index contributed by atoms with van der Waals surface area (Å²) in [7, 11) is 3.22. The highest BCUT2D eigenvalue weighted by Crippen LogP contribution is 2.41. The van der Waals surface area contributed by atoms with Crippen molar-refractivity contribution in [1.82, 2.24) is 19.5 Å². The fraction of sp³-hybridized carbons (Fsp3) is 0.167. The third-order valence-electron chi connectivity index (χ3n) is 5.72. The van der Waals surface area contributed by atoms with E-state index in [4.69, 9.17) is 16.3 Å². The van der Waals surface area contributed by atoms with Crippen LogP contribution >= 0.6 is 11.6 Å². The van der Waals surface area contributed by atoms with Gasteiger partial charge in [-0.2, -0.15) is 0 Å². The monoisotopic (exact) mass is 461 g/mol. The van der Waals surface area contributed by atoms with Crippen LogP contribution < -0.4 is 15.2 Å². The number of nitrogens with zero attached hydrogens (tertiary/aromatic N) is 4. The summed E-state index contributed by atoms with van der Waals surface area (Å²) in [5, 5.41) is 0.599. The van der Waals surface area contributed by atoms with Crippen molar-refractivity contribution in [2.45, 2.75) is 13.0 Å². The van der Waals surface area contributed by atoms with Crippen molar-refractivity contribution >= 4 is 23.2 Å². The van der Waals surface area contributed by atoms with E-state index >= 15 is 0 Å². The lowest BCUT2D eigenvalue weighted by molar-refractivity contribution is 0.0989.